The Bertz CT molecular complexity index is 894. The van der Waals surface area contributed by atoms with Crippen LogP contribution in [0.5, 0.6) is 5.75 Å². The minimum atomic E-state index is -3.49. The molecule has 29 heavy (non-hydrogen) atoms. The molecule has 0 spiro atoms. The van der Waals surface area contributed by atoms with Crippen LogP contribution in [0.4, 0.5) is 0 Å². The summed E-state index contributed by atoms with van der Waals surface area (Å²) in [6.45, 7) is 6.24. The van der Waals surface area contributed by atoms with Gasteiger partial charge >= 0.3 is 0 Å². The Morgan fingerprint density at radius 1 is 1.14 bits per heavy atom. The van der Waals surface area contributed by atoms with Gasteiger partial charge in [-0.15, -0.1) is 0 Å². The van der Waals surface area contributed by atoms with Crippen LogP contribution in [0.3, 0.4) is 0 Å². The van der Waals surface area contributed by atoms with Crippen molar-refractivity contribution in [3.8, 4) is 5.75 Å². The fourth-order valence-corrected chi connectivity index (χ4v) is 4.85. The van der Waals surface area contributed by atoms with Gasteiger partial charge in [0, 0.05) is 12.6 Å². The quantitative estimate of drug-likeness (QED) is 0.689. The van der Waals surface area contributed by atoms with Crippen LogP contribution in [0, 0.1) is 13.8 Å². The maximum Gasteiger partial charge on any atom is 0.240 e. The number of hydrogen-bond donors (Lipinski definition) is 2. The van der Waals surface area contributed by atoms with E-state index in [-0.39, 0.29) is 12.6 Å². The number of sulfonamides is 1. The summed E-state index contributed by atoms with van der Waals surface area (Å²) < 4.78 is 33.5. The smallest absolute Gasteiger partial charge is 0.240 e. The van der Waals surface area contributed by atoms with Crippen molar-refractivity contribution in [2.45, 2.75) is 43.7 Å². The Morgan fingerprint density at radius 3 is 2.52 bits per heavy atom. The van der Waals surface area contributed by atoms with Gasteiger partial charge in [0.15, 0.2) is 0 Å². The number of nitrogens with zero attached hydrogens (tertiary/aromatic N) is 1. The Kier molecular flexibility index (Phi) is 7.29. The van der Waals surface area contributed by atoms with Crippen molar-refractivity contribution in [2.24, 2.45) is 0 Å². The van der Waals surface area contributed by atoms with E-state index in [1.165, 1.54) is 0 Å². The van der Waals surface area contributed by atoms with E-state index in [1.54, 1.807) is 30.3 Å². The van der Waals surface area contributed by atoms with Gasteiger partial charge in [0.1, 0.15) is 18.5 Å². The van der Waals surface area contributed by atoms with Crippen LogP contribution in [0.2, 0.25) is 0 Å². The summed E-state index contributed by atoms with van der Waals surface area (Å²) in [7, 11) is -3.49. The second kappa shape index (κ2) is 9.71. The molecular weight excluding hydrogens is 388 g/mol. The van der Waals surface area contributed by atoms with E-state index in [4.69, 9.17) is 4.74 Å². The van der Waals surface area contributed by atoms with E-state index in [1.807, 2.05) is 32.0 Å². The number of likely N-dealkylation sites (tertiary alicyclic amines) is 1. The zero-order valence-electron chi connectivity index (χ0n) is 17.0. The molecule has 3 rings (SSSR count). The van der Waals surface area contributed by atoms with Crippen molar-refractivity contribution in [1.82, 2.24) is 9.62 Å². The van der Waals surface area contributed by atoms with Crippen molar-refractivity contribution in [1.29, 1.82) is 0 Å². The molecule has 1 aliphatic heterocycles. The van der Waals surface area contributed by atoms with Crippen LogP contribution in [0.1, 0.15) is 24.0 Å². The molecule has 0 aromatic heterocycles. The fourth-order valence-electron chi connectivity index (χ4n) is 3.52. The number of benzene rings is 2. The van der Waals surface area contributed by atoms with Crippen LogP contribution in [0.25, 0.3) is 0 Å². The molecule has 158 valence electrons. The number of aryl methyl sites for hydroxylation is 2. The minimum Gasteiger partial charge on any atom is -0.491 e. The largest absolute Gasteiger partial charge is 0.491 e. The third-order valence-corrected chi connectivity index (χ3v) is 6.74. The second-order valence-corrected chi connectivity index (χ2v) is 9.46. The Labute approximate surface area is 173 Å². The molecule has 0 unspecified atom stereocenters. The van der Waals surface area contributed by atoms with Crippen molar-refractivity contribution in [3.63, 3.8) is 0 Å². The third kappa shape index (κ3) is 6.27. The zero-order valence-corrected chi connectivity index (χ0v) is 17.9. The standard InChI is InChI=1S/C22H30N2O4S/c1-17-8-9-18(2)22(14-17)28-16-20(25)15-24-12-10-19(11-13-24)23-29(26,27)21-6-4-3-5-7-21/h3-9,14,19-20,23,25H,10-13,15-16H2,1-2H3/t20-/m0/s1. The van der Waals surface area contributed by atoms with E-state index in [0.29, 0.717) is 11.4 Å². The topological polar surface area (TPSA) is 78.9 Å². The van der Waals surface area contributed by atoms with E-state index < -0.39 is 16.1 Å². The van der Waals surface area contributed by atoms with Crippen molar-refractivity contribution < 1.29 is 18.3 Å². The second-order valence-electron chi connectivity index (χ2n) is 7.74. The summed E-state index contributed by atoms with van der Waals surface area (Å²) in [5.74, 6) is 0.804. The molecule has 6 nitrogen and oxygen atoms in total. The van der Waals surface area contributed by atoms with Crippen LogP contribution in [-0.2, 0) is 10.0 Å². The molecule has 0 amide bonds. The number of nitrogens with one attached hydrogen (secondary N) is 1. The van der Waals surface area contributed by atoms with Gasteiger partial charge < -0.3 is 14.7 Å². The molecule has 1 aliphatic rings. The molecule has 0 aliphatic carbocycles. The van der Waals surface area contributed by atoms with E-state index in [0.717, 1.165) is 42.8 Å². The molecule has 1 heterocycles. The predicted octanol–water partition coefficient (Wildman–Crippen LogP) is 2.49. The molecule has 0 radical (unpaired) electrons. The highest BCUT2D eigenvalue weighted by Gasteiger charge is 2.25. The molecule has 0 saturated carbocycles. The van der Waals surface area contributed by atoms with Gasteiger partial charge in [-0.25, -0.2) is 13.1 Å². The Balaban J connectivity index is 1.43. The highest BCUT2D eigenvalue weighted by atomic mass is 32.2. The number of aliphatic hydroxyl groups excluding tert-OH is 1. The first kappa shape index (κ1) is 21.8. The first-order valence-corrected chi connectivity index (χ1v) is 11.5. The van der Waals surface area contributed by atoms with Gasteiger partial charge in [0.2, 0.25) is 10.0 Å². The summed E-state index contributed by atoms with van der Waals surface area (Å²) in [6, 6.07) is 14.4. The highest BCUT2D eigenvalue weighted by Crippen LogP contribution is 2.20. The first-order valence-electron chi connectivity index (χ1n) is 10.0. The SMILES string of the molecule is Cc1ccc(C)c(OC[C@@H](O)CN2CCC(NS(=O)(=O)c3ccccc3)CC2)c1. The summed E-state index contributed by atoms with van der Waals surface area (Å²) in [4.78, 5) is 2.45. The van der Waals surface area contributed by atoms with Crippen molar-refractivity contribution >= 4 is 10.0 Å². The van der Waals surface area contributed by atoms with Crippen LogP contribution in [0.15, 0.2) is 53.4 Å². The van der Waals surface area contributed by atoms with Gasteiger partial charge in [-0.3, -0.25) is 0 Å². The van der Waals surface area contributed by atoms with Crippen molar-refractivity contribution in [3.05, 3.63) is 59.7 Å². The number of rotatable bonds is 8. The monoisotopic (exact) mass is 418 g/mol. The number of hydrogen-bond acceptors (Lipinski definition) is 5. The normalized spacial score (nSPS) is 17.2. The van der Waals surface area contributed by atoms with Gasteiger partial charge in [-0.2, -0.15) is 0 Å². The molecule has 1 atom stereocenters. The number of β-amino-alcohol motifs (C(OH)–C–C–N with tert-alkyl or cyclic N) is 1. The summed E-state index contributed by atoms with van der Waals surface area (Å²) in [5, 5.41) is 10.3. The maximum absolute atomic E-state index is 12.4. The van der Waals surface area contributed by atoms with E-state index in [2.05, 4.69) is 9.62 Å². The minimum absolute atomic E-state index is 0.0835. The molecule has 1 saturated heterocycles. The van der Waals surface area contributed by atoms with Crippen LogP contribution >= 0.6 is 0 Å². The number of aliphatic hydroxyl groups is 1. The van der Waals surface area contributed by atoms with Gasteiger partial charge in [0.05, 0.1) is 4.90 Å². The predicted molar refractivity (Wildman–Crippen MR) is 114 cm³/mol. The summed E-state index contributed by atoms with van der Waals surface area (Å²) >= 11 is 0. The zero-order chi connectivity index (χ0) is 20.9. The lowest BCUT2D eigenvalue weighted by molar-refractivity contribution is 0.0588. The Hall–Kier alpha value is -1.93. The van der Waals surface area contributed by atoms with E-state index >= 15 is 0 Å². The molecule has 2 aromatic carbocycles. The lowest BCUT2D eigenvalue weighted by Gasteiger charge is -2.33. The van der Waals surface area contributed by atoms with Gasteiger partial charge in [-0.05, 0) is 69.1 Å². The third-order valence-electron chi connectivity index (χ3n) is 5.21. The average molecular weight is 419 g/mol. The van der Waals surface area contributed by atoms with E-state index in [9.17, 15) is 13.5 Å². The molecule has 1 fully saturated rings. The highest BCUT2D eigenvalue weighted by molar-refractivity contribution is 7.89. The first-order chi connectivity index (χ1) is 13.8. The van der Waals surface area contributed by atoms with Gasteiger partial charge in [-0.1, -0.05) is 30.3 Å². The lowest BCUT2D eigenvalue weighted by Crippen LogP contribution is -2.47. The summed E-state index contributed by atoms with van der Waals surface area (Å²) in [5.41, 5.74) is 2.18. The molecule has 0 bridgehead atoms. The fraction of sp³-hybridized carbons (Fsp3) is 0.455. The molecule has 2 N–H and O–H groups in total. The Morgan fingerprint density at radius 2 is 1.83 bits per heavy atom. The van der Waals surface area contributed by atoms with Crippen LogP contribution < -0.4 is 9.46 Å². The summed E-state index contributed by atoms with van der Waals surface area (Å²) in [6.07, 6.45) is 0.847. The van der Waals surface area contributed by atoms with Crippen molar-refractivity contribution in [2.75, 3.05) is 26.2 Å². The lowest BCUT2D eigenvalue weighted by atomic mass is 10.1. The van der Waals surface area contributed by atoms with Crippen LogP contribution in [-0.4, -0.2) is 56.8 Å². The number of piperidine rings is 1. The maximum atomic E-state index is 12.4. The average Bonchev–Trinajstić information content (AvgIpc) is 2.70. The molecular formula is C22H30N2O4S. The number of ether oxygens (including phenoxy) is 1. The molecule has 2 aromatic rings. The molecule has 7 heteroatoms. The van der Waals surface area contributed by atoms with Gasteiger partial charge in [0.25, 0.3) is 0 Å².